The fourth-order valence-electron chi connectivity index (χ4n) is 1.82. The highest BCUT2D eigenvalue weighted by Gasteiger charge is 2.02. The lowest BCUT2D eigenvalue weighted by Crippen LogP contribution is -2.12. The highest BCUT2D eigenvalue weighted by atomic mass is 16.1. The summed E-state index contributed by atoms with van der Waals surface area (Å²) >= 11 is 0. The number of amides is 1. The van der Waals surface area contributed by atoms with Crippen molar-refractivity contribution in [3.8, 4) is 0 Å². The number of hydrogen-bond acceptors (Lipinski definition) is 2. The van der Waals surface area contributed by atoms with E-state index in [1.54, 1.807) is 12.4 Å². The van der Waals surface area contributed by atoms with Crippen LogP contribution in [0.5, 0.6) is 0 Å². The topological polar surface area (TPSA) is 42.0 Å². The number of nitrogens with one attached hydrogen (secondary N) is 1. The zero-order chi connectivity index (χ0) is 14.8. The Kier molecular flexibility index (Phi) is 5.95. The number of carbonyl (C=O) groups is 1. The molecule has 1 aromatic heterocycles. The van der Waals surface area contributed by atoms with E-state index in [9.17, 15) is 4.79 Å². The first-order valence-corrected chi connectivity index (χ1v) is 6.92. The van der Waals surface area contributed by atoms with E-state index < -0.39 is 0 Å². The Hall–Kier alpha value is -2.68. The molecule has 1 amide bonds. The van der Waals surface area contributed by atoms with Crippen molar-refractivity contribution in [2.24, 2.45) is 0 Å². The van der Waals surface area contributed by atoms with Crippen molar-refractivity contribution < 1.29 is 4.79 Å². The van der Waals surface area contributed by atoms with Crippen molar-refractivity contribution in [3.63, 3.8) is 0 Å². The van der Waals surface area contributed by atoms with Gasteiger partial charge in [-0.1, -0.05) is 54.6 Å². The van der Waals surface area contributed by atoms with Crippen LogP contribution in [0.4, 0.5) is 5.69 Å². The average molecular weight is 278 g/mol. The monoisotopic (exact) mass is 278 g/mol. The molecule has 21 heavy (non-hydrogen) atoms. The van der Waals surface area contributed by atoms with Crippen LogP contribution >= 0.6 is 0 Å². The number of aromatic nitrogens is 1. The van der Waals surface area contributed by atoms with E-state index in [0.29, 0.717) is 12.1 Å². The summed E-state index contributed by atoms with van der Waals surface area (Å²) in [6.45, 7) is 0. The molecule has 0 aliphatic heterocycles. The van der Waals surface area contributed by atoms with E-state index in [4.69, 9.17) is 0 Å². The highest BCUT2D eigenvalue weighted by molar-refractivity contribution is 5.90. The minimum atomic E-state index is -0.0125. The van der Waals surface area contributed by atoms with Crippen molar-refractivity contribution in [2.45, 2.75) is 12.8 Å². The summed E-state index contributed by atoms with van der Waals surface area (Å²) in [5.41, 5.74) is 1.85. The van der Waals surface area contributed by atoms with Crippen LogP contribution in [0.3, 0.4) is 0 Å². The number of hydrogen-bond donors (Lipinski definition) is 1. The van der Waals surface area contributed by atoms with Crippen molar-refractivity contribution in [2.75, 3.05) is 5.32 Å². The minimum absolute atomic E-state index is 0.0125. The average Bonchev–Trinajstić information content (AvgIpc) is 2.52. The zero-order valence-electron chi connectivity index (χ0n) is 11.8. The molecule has 106 valence electrons. The number of nitrogens with zero attached hydrogens (tertiary/aromatic N) is 1. The molecule has 0 unspecified atom stereocenters. The van der Waals surface area contributed by atoms with Crippen LogP contribution in [-0.4, -0.2) is 10.9 Å². The molecule has 2 aromatic rings. The first-order valence-electron chi connectivity index (χ1n) is 6.92. The van der Waals surface area contributed by atoms with Crippen LogP contribution in [0.15, 0.2) is 79.1 Å². The van der Waals surface area contributed by atoms with Crippen LogP contribution in [0.25, 0.3) is 0 Å². The maximum atomic E-state index is 12.0. The standard InChI is InChI=1S/C18H18N2O/c21-18(13-12-16-9-5-4-6-10-16)20-17-11-7-2-1-3-8-14-19-15-17/h1-11,14-15H,12-13H2,(H,20,21). The SMILES string of the molecule is O=C(CCc1ccccc1)Nc1cccccccnc1. The molecular weight excluding hydrogens is 260 g/mol. The number of carbonyl (C=O) groups excluding carboxylic acids is 1. The van der Waals surface area contributed by atoms with Crippen LogP contribution in [0, 0.1) is 0 Å². The lowest BCUT2D eigenvalue weighted by molar-refractivity contribution is -0.116. The Morgan fingerprint density at radius 1 is 0.905 bits per heavy atom. The molecule has 0 saturated heterocycles. The fraction of sp³-hybridized carbons (Fsp3) is 0.111. The minimum Gasteiger partial charge on any atom is -0.325 e. The largest absolute Gasteiger partial charge is 0.325 e. The Morgan fingerprint density at radius 2 is 1.57 bits per heavy atom. The number of rotatable bonds is 4. The summed E-state index contributed by atoms with van der Waals surface area (Å²) in [6, 6.07) is 21.2. The third kappa shape index (κ3) is 5.87. The summed E-state index contributed by atoms with van der Waals surface area (Å²) in [4.78, 5) is 16.1. The molecule has 1 aromatic carbocycles. The summed E-state index contributed by atoms with van der Waals surface area (Å²) in [5.74, 6) is -0.0125. The van der Waals surface area contributed by atoms with E-state index in [1.807, 2.05) is 66.7 Å². The third-order valence-corrected chi connectivity index (χ3v) is 2.87. The molecule has 0 spiro atoms. The van der Waals surface area contributed by atoms with Gasteiger partial charge in [0.1, 0.15) is 0 Å². The molecule has 0 radical (unpaired) electrons. The molecule has 0 aliphatic rings. The van der Waals surface area contributed by atoms with E-state index in [2.05, 4.69) is 10.3 Å². The van der Waals surface area contributed by atoms with Gasteiger partial charge >= 0.3 is 0 Å². The van der Waals surface area contributed by atoms with Crippen molar-refractivity contribution in [3.05, 3.63) is 84.7 Å². The van der Waals surface area contributed by atoms with Gasteiger partial charge in [-0.15, -0.1) is 0 Å². The number of anilines is 1. The lowest BCUT2D eigenvalue weighted by Gasteiger charge is -2.03. The zero-order valence-corrected chi connectivity index (χ0v) is 11.8. The van der Waals surface area contributed by atoms with Gasteiger partial charge in [0.15, 0.2) is 0 Å². The van der Waals surface area contributed by atoms with Crippen molar-refractivity contribution in [1.82, 2.24) is 4.98 Å². The molecule has 3 heteroatoms. The van der Waals surface area contributed by atoms with Crippen LogP contribution in [0.1, 0.15) is 12.0 Å². The quantitative estimate of drug-likeness (QED) is 0.924. The molecule has 0 aliphatic carbocycles. The molecule has 3 nitrogen and oxygen atoms in total. The summed E-state index contributed by atoms with van der Waals surface area (Å²) < 4.78 is 0. The second-order valence-electron chi connectivity index (χ2n) is 4.55. The highest BCUT2D eigenvalue weighted by Crippen LogP contribution is 2.05. The Morgan fingerprint density at radius 3 is 2.43 bits per heavy atom. The van der Waals surface area contributed by atoms with E-state index in [-0.39, 0.29) is 5.91 Å². The number of benzene rings is 1. The van der Waals surface area contributed by atoms with E-state index in [1.165, 1.54) is 0 Å². The molecule has 0 bridgehead atoms. The van der Waals surface area contributed by atoms with Gasteiger partial charge in [0, 0.05) is 12.6 Å². The molecule has 1 heterocycles. The predicted octanol–water partition coefficient (Wildman–Crippen LogP) is 3.78. The maximum absolute atomic E-state index is 12.0. The van der Waals surface area contributed by atoms with Gasteiger partial charge in [-0.3, -0.25) is 9.78 Å². The first-order chi connectivity index (χ1) is 10.3. The molecule has 2 rings (SSSR count). The molecule has 1 N–H and O–H groups in total. The summed E-state index contributed by atoms with van der Waals surface area (Å²) in [5, 5.41) is 2.87. The molecule has 0 saturated carbocycles. The smallest absolute Gasteiger partial charge is 0.224 e. The van der Waals surface area contributed by atoms with Crippen LogP contribution < -0.4 is 5.32 Å². The fourth-order valence-corrected chi connectivity index (χ4v) is 1.82. The second kappa shape index (κ2) is 8.48. The van der Waals surface area contributed by atoms with Crippen molar-refractivity contribution >= 4 is 11.6 Å². The lowest BCUT2D eigenvalue weighted by atomic mass is 10.1. The van der Waals surface area contributed by atoms with Gasteiger partial charge in [0.2, 0.25) is 5.91 Å². The Labute approximate surface area is 125 Å². The third-order valence-electron chi connectivity index (χ3n) is 2.87. The molecule has 0 fully saturated rings. The normalized spacial score (nSPS) is 9.52. The maximum Gasteiger partial charge on any atom is 0.224 e. The Balaban J connectivity index is 1.96. The second-order valence-corrected chi connectivity index (χ2v) is 4.55. The van der Waals surface area contributed by atoms with Gasteiger partial charge in [-0.05, 0) is 24.1 Å². The first kappa shape index (κ1) is 14.7. The van der Waals surface area contributed by atoms with Gasteiger partial charge in [0.25, 0.3) is 0 Å². The predicted molar refractivity (Wildman–Crippen MR) is 85.3 cm³/mol. The summed E-state index contributed by atoms with van der Waals surface area (Å²) in [7, 11) is 0. The summed E-state index contributed by atoms with van der Waals surface area (Å²) in [6.07, 6.45) is 4.50. The van der Waals surface area contributed by atoms with Gasteiger partial charge in [0.05, 0.1) is 11.9 Å². The van der Waals surface area contributed by atoms with Crippen LogP contribution in [-0.2, 0) is 11.2 Å². The van der Waals surface area contributed by atoms with E-state index >= 15 is 0 Å². The van der Waals surface area contributed by atoms with E-state index in [0.717, 1.165) is 12.0 Å². The van der Waals surface area contributed by atoms with Gasteiger partial charge in [-0.25, -0.2) is 0 Å². The van der Waals surface area contributed by atoms with Gasteiger partial charge in [-0.2, -0.15) is 0 Å². The molecular formula is C18H18N2O. The Bertz CT molecular complexity index is 600. The van der Waals surface area contributed by atoms with Crippen molar-refractivity contribution in [1.29, 1.82) is 0 Å². The number of aryl methyl sites for hydroxylation is 1. The molecule has 0 atom stereocenters. The van der Waals surface area contributed by atoms with Gasteiger partial charge < -0.3 is 5.32 Å². The van der Waals surface area contributed by atoms with Crippen LogP contribution in [0.2, 0.25) is 0 Å².